The monoisotopic (exact) mass is 258 g/mol. The zero-order valence-electron chi connectivity index (χ0n) is 12.3. The zero-order valence-corrected chi connectivity index (χ0v) is 12.3. The SMILES string of the molecule is Cc1ccccc1N(C)c1c(N)c(C(C)C)nn1C. The predicted octanol–water partition coefficient (Wildman–Crippen LogP) is 3.20. The van der Waals surface area contributed by atoms with Crippen molar-refractivity contribution in [2.75, 3.05) is 17.7 Å². The molecule has 1 aromatic heterocycles. The summed E-state index contributed by atoms with van der Waals surface area (Å²) in [6.45, 7) is 6.31. The smallest absolute Gasteiger partial charge is 0.154 e. The minimum Gasteiger partial charge on any atom is -0.394 e. The first kappa shape index (κ1) is 13.5. The molecule has 0 aliphatic rings. The van der Waals surface area contributed by atoms with Gasteiger partial charge in [-0.1, -0.05) is 32.0 Å². The van der Waals surface area contributed by atoms with Gasteiger partial charge in [0.25, 0.3) is 0 Å². The summed E-state index contributed by atoms with van der Waals surface area (Å²) in [5, 5.41) is 4.54. The van der Waals surface area contributed by atoms with E-state index >= 15 is 0 Å². The van der Waals surface area contributed by atoms with Gasteiger partial charge in [0.15, 0.2) is 5.82 Å². The van der Waals surface area contributed by atoms with Crippen LogP contribution in [0.5, 0.6) is 0 Å². The molecule has 2 aromatic rings. The first-order valence-electron chi connectivity index (χ1n) is 6.55. The summed E-state index contributed by atoms with van der Waals surface area (Å²) < 4.78 is 1.86. The fourth-order valence-corrected chi connectivity index (χ4v) is 2.43. The molecule has 2 N–H and O–H groups in total. The molecule has 0 atom stereocenters. The van der Waals surface area contributed by atoms with Crippen molar-refractivity contribution in [3.8, 4) is 0 Å². The highest BCUT2D eigenvalue weighted by Gasteiger charge is 2.20. The first-order valence-corrected chi connectivity index (χ1v) is 6.55. The molecule has 4 heteroatoms. The third kappa shape index (κ3) is 2.30. The van der Waals surface area contributed by atoms with E-state index in [2.05, 4.69) is 42.9 Å². The lowest BCUT2D eigenvalue weighted by Crippen LogP contribution is -2.16. The van der Waals surface area contributed by atoms with Gasteiger partial charge in [-0.2, -0.15) is 5.10 Å². The van der Waals surface area contributed by atoms with Crippen LogP contribution in [0.4, 0.5) is 17.2 Å². The van der Waals surface area contributed by atoms with Gasteiger partial charge in [0.05, 0.1) is 11.4 Å². The third-order valence-electron chi connectivity index (χ3n) is 3.42. The van der Waals surface area contributed by atoms with Gasteiger partial charge in [0, 0.05) is 19.8 Å². The highest BCUT2D eigenvalue weighted by molar-refractivity contribution is 5.74. The molecule has 0 saturated carbocycles. The Morgan fingerprint density at radius 1 is 1.26 bits per heavy atom. The topological polar surface area (TPSA) is 47.1 Å². The molecular formula is C15H22N4. The van der Waals surface area contributed by atoms with Gasteiger partial charge < -0.3 is 10.6 Å². The number of nitrogens with zero attached hydrogens (tertiary/aromatic N) is 3. The Hall–Kier alpha value is -1.97. The number of anilines is 3. The van der Waals surface area contributed by atoms with Crippen molar-refractivity contribution in [1.29, 1.82) is 0 Å². The highest BCUT2D eigenvalue weighted by Crippen LogP contribution is 2.34. The fourth-order valence-electron chi connectivity index (χ4n) is 2.43. The zero-order chi connectivity index (χ0) is 14.2. The van der Waals surface area contributed by atoms with Crippen LogP contribution >= 0.6 is 0 Å². The van der Waals surface area contributed by atoms with E-state index in [9.17, 15) is 0 Å². The van der Waals surface area contributed by atoms with Crippen LogP contribution in [0, 0.1) is 6.92 Å². The molecule has 4 nitrogen and oxygen atoms in total. The molecule has 0 radical (unpaired) electrons. The van der Waals surface area contributed by atoms with E-state index in [-0.39, 0.29) is 0 Å². The minimum absolute atomic E-state index is 0.324. The Labute approximate surface area is 114 Å². The van der Waals surface area contributed by atoms with Crippen LogP contribution in [0.1, 0.15) is 31.0 Å². The molecule has 0 amide bonds. The maximum Gasteiger partial charge on any atom is 0.154 e. The number of aromatic nitrogens is 2. The van der Waals surface area contributed by atoms with E-state index in [1.54, 1.807) is 0 Å². The second-order valence-corrected chi connectivity index (χ2v) is 5.25. The average molecular weight is 258 g/mol. The molecule has 0 aliphatic heterocycles. The summed E-state index contributed by atoms with van der Waals surface area (Å²) >= 11 is 0. The number of nitrogens with two attached hydrogens (primary N) is 1. The second kappa shape index (κ2) is 4.96. The molecule has 1 heterocycles. The van der Waals surface area contributed by atoms with Crippen LogP contribution in [-0.2, 0) is 7.05 Å². The van der Waals surface area contributed by atoms with Gasteiger partial charge in [-0.25, -0.2) is 0 Å². The van der Waals surface area contributed by atoms with Crippen LogP contribution in [-0.4, -0.2) is 16.8 Å². The average Bonchev–Trinajstić information content (AvgIpc) is 2.65. The molecule has 0 saturated heterocycles. The van der Waals surface area contributed by atoms with E-state index in [0.717, 1.165) is 22.9 Å². The minimum atomic E-state index is 0.324. The lowest BCUT2D eigenvalue weighted by molar-refractivity contribution is 0.711. The Balaban J connectivity index is 2.51. The summed E-state index contributed by atoms with van der Waals surface area (Å²) in [4.78, 5) is 2.10. The van der Waals surface area contributed by atoms with Crippen molar-refractivity contribution in [2.45, 2.75) is 26.7 Å². The molecule has 19 heavy (non-hydrogen) atoms. The summed E-state index contributed by atoms with van der Waals surface area (Å²) in [5.41, 5.74) is 10.4. The van der Waals surface area contributed by atoms with E-state index in [1.807, 2.05) is 30.9 Å². The largest absolute Gasteiger partial charge is 0.394 e. The van der Waals surface area contributed by atoms with Gasteiger partial charge in [-0.15, -0.1) is 0 Å². The molecule has 0 fully saturated rings. The number of hydrogen-bond acceptors (Lipinski definition) is 3. The van der Waals surface area contributed by atoms with Crippen molar-refractivity contribution in [3.63, 3.8) is 0 Å². The van der Waals surface area contributed by atoms with E-state index < -0.39 is 0 Å². The van der Waals surface area contributed by atoms with Crippen LogP contribution in [0.25, 0.3) is 0 Å². The number of benzene rings is 1. The molecule has 0 bridgehead atoms. The fraction of sp³-hybridized carbons (Fsp3) is 0.400. The third-order valence-corrected chi connectivity index (χ3v) is 3.42. The van der Waals surface area contributed by atoms with Crippen LogP contribution < -0.4 is 10.6 Å². The number of hydrogen-bond donors (Lipinski definition) is 1. The normalized spacial score (nSPS) is 11.1. The molecule has 2 rings (SSSR count). The molecule has 0 aliphatic carbocycles. The second-order valence-electron chi connectivity index (χ2n) is 5.25. The maximum absolute atomic E-state index is 6.27. The first-order chi connectivity index (χ1) is 8.93. The molecule has 0 spiro atoms. The standard InChI is InChI=1S/C15H22N4/c1-10(2)14-13(16)15(19(5)17-14)18(4)12-9-7-6-8-11(12)3/h6-10H,16H2,1-5H3. The maximum atomic E-state index is 6.27. The van der Waals surface area contributed by atoms with Crippen LogP contribution in [0.3, 0.4) is 0 Å². The van der Waals surface area contributed by atoms with Gasteiger partial charge >= 0.3 is 0 Å². The Morgan fingerprint density at radius 2 is 1.89 bits per heavy atom. The van der Waals surface area contributed by atoms with Crippen molar-refractivity contribution in [1.82, 2.24) is 9.78 Å². The summed E-state index contributed by atoms with van der Waals surface area (Å²) in [5.74, 6) is 1.27. The number of aryl methyl sites for hydroxylation is 2. The predicted molar refractivity (Wildman–Crippen MR) is 81.0 cm³/mol. The van der Waals surface area contributed by atoms with Crippen molar-refractivity contribution in [3.05, 3.63) is 35.5 Å². The van der Waals surface area contributed by atoms with Crippen molar-refractivity contribution < 1.29 is 0 Å². The molecule has 102 valence electrons. The van der Waals surface area contributed by atoms with Crippen LogP contribution in [0.2, 0.25) is 0 Å². The van der Waals surface area contributed by atoms with Crippen LogP contribution in [0.15, 0.2) is 24.3 Å². The number of nitrogen functional groups attached to an aromatic ring is 1. The quantitative estimate of drug-likeness (QED) is 0.919. The number of rotatable bonds is 3. The van der Waals surface area contributed by atoms with Gasteiger partial charge in [-0.3, -0.25) is 4.68 Å². The molecule has 1 aromatic carbocycles. The van der Waals surface area contributed by atoms with Crippen molar-refractivity contribution in [2.24, 2.45) is 7.05 Å². The summed E-state index contributed by atoms with van der Waals surface area (Å²) in [7, 11) is 3.96. The van der Waals surface area contributed by atoms with E-state index in [1.165, 1.54) is 5.56 Å². The van der Waals surface area contributed by atoms with Gasteiger partial charge in [0.2, 0.25) is 0 Å². The number of para-hydroxylation sites is 1. The molecule has 0 unspecified atom stereocenters. The summed E-state index contributed by atoms with van der Waals surface area (Å²) in [6.07, 6.45) is 0. The van der Waals surface area contributed by atoms with Crippen molar-refractivity contribution >= 4 is 17.2 Å². The van der Waals surface area contributed by atoms with Gasteiger partial charge in [0.1, 0.15) is 0 Å². The Morgan fingerprint density at radius 3 is 2.42 bits per heavy atom. The lowest BCUT2D eigenvalue weighted by Gasteiger charge is -2.22. The van der Waals surface area contributed by atoms with Gasteiger partial charge in [-0.05, 0) is 24.5 Å². The Kier molecular flexibility index (Phi) is 3.51. The van der Waals surface area contributed by atoms with E-state index in [0.29, 0.717) is 5.92 Å². The molecular weight excluding hydrogens is 236 g/mol. The highest BCUT2D eigenvalue weighted by atomic mass is 15.4. The summed E-state index contributed by atoms with van der Waals surface area (Å²) in [6, 6.07) is 8.27. The van der Waals surface area contributed by atoms with E-state index in [4.69, 9.17) is 5.73 Å². The Bertz CT molecular complexity index is 584. The lowest BCUT2D eigenvalue weighted by atomic mass is 10.1.